The van der Waals surface area contributed by atoms with Crippen molar-refractivity contribution < 1.29 is 8.42 Å². The quantitative estimate of drug-likeness (QED) is 0.846. The molecule has 0 aliphatic carbocycles. The predicted molar refractivity (Wildman–Crippen MR) is 85.8 cm³/mol. The van der Waals surface area contributed by atoms with E-state index in [0.717, 1.165) is 11.1 Å². The van der Waals surface area contributed by atoms with Crippen molar-refractivity contribution >= 4 is 27.0 Å². The van der Waals surface area contributed by atoms with Gasteiger partial charge < -0.3 is 5.73 Å². The van der Waals surface area contributed by atoms with Crippen molar-refractivity contribution in [2.24, 2.45) is 0 Å². The summed E-state index contributed by atoms with van der Waals surface area (Å²) in [6, 6.07) is 3.28. The molecule has 0 unspecified atom stereocenters. The van der Waals surface area contributed by atoms with Crippen LogP contribution in [0.25, 0.3) is 0 Å². The van der Waals surface area contributed by atoms with E-state index in [1.807, 2.05) is 19.2 Å². The number of benzene rings is 1. The van der Waals surface area contributed by atoms with Crippen LogP contribution in [-0.4, -0.2) is 13.4 Å². The average molecular weight is 325 g/mol. The molecule has 0 bridgehead atoms. The van der Waals surface area contributed by atoms with Gasteiger partial charge in [-0.3, -0.25) is 0 Å². The Hall–Kier alpha value is -1.44. The zero-order chi connectivity index (χ0) is 15.8. The number of hydrogen-bond acceptors (Lipinski definition) is 5. The Bertz CT molecular complexity index is 751. The number of hydrogen-bond donors (Lipinski definition) is 2. The van der Waals surface area contributed by atoms with E-state index in [9.17, 15) is 8.42 Å². The van der Waals surface area contributed by atoms with Crippen molar-refractivity contribution in [3.8, 4) is 0 Å². The van der Waals surface area contributed by atoms with Crippen molar-refractivity contribution in [1.29, 1.82) is 0 Å². The molecule has 114 valence electrons. The fraction of sp³-hybridized carbons (Fsp3) is 0.357. The lowest BCUT2D eigenvalue weighted by atomic mass is 10.1. The molecule has 0 amide bonds. The SMILES string of the molecule is Cc1cc(N)c(S(=O)(=O)NC(C)(C)c2nccs2)cc1C. The Labute approximate surface area is 129 Å². The van der Waals surface area contributed by atoms with E-state index >= 15 is 0 Å². The minimum Gasteiger partial charge on any atom is -0.398 e. The molecule has 1 aromatic carbocycles. The molecule has 3 N–H and O–H groups in total. The molecule has 0 radical (unpaired) electrons. The molecule has 5 nitrogen and oxygen atoms in total. The number of nitrogens with zero attached hydrogens (tertiary/aromatic N) is 1. The largest absolute Gasteiger partial charge is 0.398 e. The second kappa shape index (κ2) is 5.40. The average Bonchev–Trinajstić information content (AvgIpc) is 2.86. The van der Waals surface area contributed by atoms with Crippen molar-refractivity contribution in [1.82, 2.24) is 9.71 Å². The van der Waals surface area contributed by atoms with Crippen LogP contribution in [0.15, 0.2) is 28.6 Å². The second-order valence-corrected chi connectivity index (χ2v) is 8.09. The number of aromatic nitrogens is 1. The van der Waals surface area contributed by atoms with E-state index < -0.39 is 15.6 Å². The van der Waals surface area contributed by atoms with Crippen LogP contribution in [0, 0.1) is 13.8 Å². The Morgan fingerprint density at radius 3 is 2.43 bits per heavy atom. The first-order chi connectivity index (χ1) is 9.63. The van der Waals surface area contributed by atoms with Gasteiger partial charge in [-0.15, -0.1) is 11.3 Å². The topological polar surface area (TPSA) is 85.1 Å². The third kappa shape index (κ3) is 3.25. The summed E-state index contributed by atoms with van der Waals surface area (Å²) in [6.07, 6.45) is 1.65. The number of anilines is 1. The summed E-state index contributed by atoms with van der Waals surface area (Å²) in [5, 5.41) is 2.52. The van der Waals surface area contributed by atoms with Gasteiger partial charge >= 0.3 is 0 Å². The van der Waals surface area contributed by atoms with E-state index in [0.29, 0.717) is 5.01 Å². The summed E-state index contributed by atoms with van der Waals surface area (Å²) in [6.45, 7) is 7.32. The summed E-state index contributed by atoms with van der Waals surface area (Å²) in [7, 11) is -3.72. The molecule has 2 rings (SSSR count). The number of sulfonamides is 1. The van der Waals surface area contributed by atoms with Gasteiger partial charge in [-0.25, -0.2) is 13.4 Å². The highest BCUT2D eigenvalue weighted by Gasteiger charge is 2.31. The van der Waals surface area contributed by atoms with E-state index in [-0.39, 0.29) is 10.6 Å². The zero-order valence-electron chi connectivity index (χ0n) is 12.5. The van der Waals surface area contributed by atoms with Crippen molar-refractivity contribution in [2.75, 3.05) is 5.73 Å². The molecule has 0 saturated carbocycles. The Morgan fingerprint density at radius 1 is 1.24 bits per heavy atom. The molecule has 2 aromatic rings. The number of nitrogen functional groups attached to an aromatic ring is 1. The highest BCUT2D eigenvalue weighted by Crippen LogP contribution is 2.28. The molecule has 0 aliphatic heterocycles. The smallest absolute Gasteiger partial charge is 0.243 e. The normalized spacial score (nSPS) is 12.6. The third-order valence-electron chi connectivity index (χ3n) is 3.27. The van der Waals surface area contributed by atoms with Crippen LogP contribution in [0.5, 0.6) is 0 Å². The molecule has 7 heteroatoms. The maximum absolute atomic E-state index is 12.6. The first kappa shape index (κ1) is 15.9. The van der Waals surface area contributed by atoms with E-state index in [1.54, 1.807) is 32.2 Å². The van der Waals surface area contributed by atoms with Gasteiger partial charge in [0.1, 0.15) is 9.90 Å². The predicted octanol–water partition coefficient (Wildman–Crippen LogP) is 2.56. The van der Waals surface area contributed by atoms with Crippen LogP contribution in [0.1, 0.15) is 30.0 Å². The Morgan fingerprint density at radius 2 is 1.86 bits per heavy atom. The number of thiazole rings is 1. The maximum atomic E-state index is 12.6. The van der Waals surface area contributed by atoms with E-state index in [1.165, 1.54) is 11.3 Å². The van der Waals surface area contributed by atoms with Crippen LogP contribution in [-0.2, 0) is 15.6 Å². The monoisotopic (exact) mass is 325 g/mol. The molecule has 21 heavy (non-hydrogen) atoms. The standard InChI is InChI=1S/C14H19N3O2S2/c1-9-7-11(15)12(8-10(9)2)21(18,19)17-14(3,4)13-16-5-6-20-13/h5-8,17H,15H2,1-4H3. The molecule has 0 atom stereocenters. The van der Waals surface area contributed by atoms with E-state index in [4.69, 9.17) is 5.73 Å². The van der Waals surface area contributed by atoms with Crippen molar-refractivity contribution in [3.63, 3.8) is 0 Å². The molecular weight excluding hydrogens is 306 g/mol. The lowest BCUT2D eigenvalue weighted by molar-refractivity contribution is 0.470. The summed E-state index contributed by atoms with van der Waals surface area (Å²) in [4.78, 5) is 4.29. The lowest BCUT2D eigenvalue weighted by Crippen LogP contribution is -2.41. The Balaban J connectivity index is 2.42. The van der Waals surface area contributed by atoms with Crippen LogP contribution >= 0.6 is 11.3 Å². The molecular formula is C14H19N3O2S2. The highest BCUT2D eigenvalue weighted by molar-refractivity contribution is 7.89. The van der Waals surface area contributed by atoms with Gasteiger partial charge in [0.15, 0.2) is 0 Å². The van der Waals surface area contributed by atoms with Gasteiger partial charge in [0.05, 0.1) is 11.2 Å². The second-order valence-electron chi connectivity index (χ2n) is 5.54. The minimum atomic E-state index is -3.72. The van der Waals surface area contributed by atoms with Crippen molar-refractivity contribution in [3.05, 3.63) is 39.8 Å². The zero-order valence-corrected chi connectivity index (χ0v) is 14.1. The Kier molecular flexibility index (Phi) is 4.10. The number of aryl methyl sites for hydroxylation is 2. The maximum Gasteiger partial charge on any atom is 0.243 e. The van der Waals surface area contributed by atoms with Gasteiger partial charge in [0, 0.05) is 11.6 Å². The van der Waals surface area contributed by atoms with Gasteiger partial charge in [-0.1, -0.05) is 0 Å². The molecule has 0 aliphatic rings. The van der Waals surface area contributed by atoms with Crippen LogP contribution in [0.2, 0.25) is 0 Å². The van der Waals surface area contributed by atoms with Gasteiger partial charge in [-0.05, 0) is 51.0 Å². The number of rotatable bonds is 4. The minimum absolute atomic E-state index is 0.107. The van der Waals surface area contributed by atoms with Gasteiger partial charge in [0.25, 0.3) is 0 Å². The molecule has 1 aromatic heterocycles. The first-order valence-electron chi connectivity index (χ1n) is 6.44. The summed E-state index contributed by atoms with van der Waals surface area (Å²) < 4.78 is 27.9. The molecule has 1 heterocycles. The van der Waals surface area contributed by atoms with Crippen molar-refractivity contribution in [2.45, 2.75) is 38.1 Å². The fourth-order valence-corrected chi connectivity index (χ4v) is 4.37. The number of nitrogens with two attached hydrogens (primary N) is 1. The lowest BCUT2D eigenvalue weighted by Gasteiger charge is -2.24. The summed E-state index contributed by atoms with van der Waals surface area (Å²) in [5.41, 5.74) is 7.19. The highest BCUT2D eigenvalue weighted by atomic mass is 32.2. The molecule has 0 saturated heterocycles. The van der Waals surface area contributed by atoms with Crippen LogP contribution in [0.4, 0.5) is 5.69 Å². The van der Waals surface area contributed by atoms with E-state index in [2.05, 4.69) is 9.71 Å². The van der Waals surface area contributed by atoms with Crippen LogP contribution in [0.3, 0.4) is 0 Å². The first-order valence-corrected chi connectivity index (χ1v) is 8.80. The fourth-order valence-electron chi connectivity index (χ4n) is 2.01. The summed E-state index contributed by atoms with van der Waals surface area (Å²) in [5.74, 6) is 0. The summed E-state index contributed by atoms with van der Waals surface area (Å²) >= 11 is 1.41. The number of nitrogens with one attached hydrogen (secondary N) is 1. The molecule has 0 spiro atoms. The van der Waals surface area contributed by atoms with Crippen LogP contribution < -0.4 is 10.5 Å². The van der Waals surface area contributed by atoms with Gasteiger partial charge in [0.2, 0.25) is 10.0 Å². The molecule has 0 fully saturated rings. The van der Waals surface area contributed by atoms with Gasteiger partial charge in [-0.2, -0.15) is 4.72 Å². The third-order valence-corrected chi connectivity index (χ3v) is 6.08.